The van der Waals surface area contributed by atoms with Crippen molar-refractivity contribution < 1.29 is 9.26 Å². The summed E-state index contributed by atoms with van der Waals surface area (Å²) in [5.74, 6) is 1.20. The minimum atomic E-state index is 0.486. The van der Waals surface area contributed by atoms with E-state index in [0.717, 1.165) is 10.0 Å². The van der Waals surface area contributed by atoms with Crippen molar-refractivity contribution in [1.82, 2.24) is 5.16 Å². The first-order valence-corrected chi connectivity index (χ1v) is 5.06. The van der Waals surface area contributed by atoms with Crippen molar-refractivity contribution in [3.05, 3.63) is 28.9 Å². The maximum absolute atomic E-state index is 5.73. The average Bonchev–Trinajstić information content (AvgIpc) is 2.64. The van der Waals surface area contributed by atoms with Gasteiger partial charge in [-0.2, -0.15) is 0 Å². The van der Waals surface area contributed by atoms with Crippen LogP contribution in [0, 0.1) is 0 Å². The Morgan fingerprint density at radius 3 is 2.87 bits per heavy atom. The lowest BCUT2D eigenvalue weighted by molar-refractivity contribution is 0.406. The molecule has 0 amide bonds. The summed E-state index contributed by atoms with van der Waals surface area (Å²) in [4.78, 5) is 0. The second kappa shape index (κ2) is 3.94. The Bertz CT molecular complexity index is 482. The van der Waals surface area contributed by atoms with Gasteiger partial charge < -0.3 is 15.0 Å². The number of aromatic nitrogens is 1. The van der Waals surface area contributed by atoms with Crippen LogP contribution in [0.3, 0.4) is 0 Å². The van der Waals surface area contributed by atoms with E-state index in [0.29, 0.717) is 17.2 Å². The smallest absolute Gasteiger partial charge is 0.194 e. The quantitative estimate of drug-likeness (QED) is 0.910. The fourth-order valence-corrected chi connectivity index (χ4v) is 1.86. The summed E-state index contributed by atoms with van der Waals surface area (Å²) in [5.41, 5.74) is 6.99. The number of nitrogen functional groups attached to an aromatic ring is 1. The molecule has 15 heavy (non-hydrogen) atoms. The van der Waals surface area contributed by atoms with E-state index < -0.39 is 0 Å². The molecule has 2 N–H and O–H groups in total. The lowest BCUT2D eigenvalue weighted by Crippen LogP contribution is -1.91. The largest absolute Gasteiger partial charge is 0.496 e. The van der Waals surface area contributed by atoms with Crippen LogP contribution >= 0.6 is 15.9 Å². The molecule has 0 atom stereocenters. The Kier molecular flexibility index (Phi) is 2.64. The Hall–Kier alpha value is -1.49. The fraction of sp³-hybridized carbons (Fsp3) is 0.100. The molecule has 0 saturated heterocycles. The standard InChI is InChI=1S/C10H9BrN2O2/c1-14-8-4-2-3-6(11)9(8)10-7(12)5-13-15-10/h2-5H,12H2,1H3. The van der Waals surface area contributed by atoms with Crippen molar-refractivity contribution in [3.63, 3.8) is 0 Å². The van der Waals surface area contributed by atoms with Crippen molar-refractivity contribution in [2.75, 3.05) is 12.8 Å². The molecule has 5 heteroatoms. The van der Waals surface area contributed by atoms with Crippen molar-refractivity contribution in [3.8, 4) is 17.1 Å². The second-order valence-electron chi connectivity index (χ2n) is 2.93. The first kappa shape index (κ1) is 10.0. The molecule has 4 nitrogen and oxygen atoms in total. The molecule has 0 bridgehead atoms. The number of ether oxygens (including phenoxy) is 1. The van der Waals surface area contributed by atoms with Crippen molar-refractivity contribution in [1.29, 1.82) is 0 Å². The van der Waals surface area contributed by atoms with Gasteiger partial charge in [0.1, 0.15) is 11.4 Å². The van der Waals surface area contributed by atoms with Crippen molar-refractivity contribution >= 4 is 21.6 Å². The van der Waals surface area contributed by atoms with Gasteiger partial charge in [-0.15, -0.1) is 0 Å². The summed E-state index contributed by atoms with van der Waals surface area (Å²) in [7, 11) is 1.60. The molecule has 0 spiro atoms. The minimum Gasteiger partial charge on any atom is -0.496 e. The van der Waals surface area contributed by atoms with E-state index in [4.69, 9.17) is 15.0 Å². The highest BCUT2D eigenvalue weighted by Gasteiger charge is 2.16. The summed E-state index contributed by atoms with van der Waals surface area (Å²) in [5, 5.41) is 3.64. The number of nitrogens with two attached hydrogens (primary N) is 1. The zero-order valence-corrected chi connectivity index (χ0v) is 9.61. The summed E-state index contributed by atoms with van der Waals surface area (Å²) < 4.78 is 11.2. The zero-order valence-electron chi connectivity index (χ0n) is 8.03. The Balaban J connectivity index is 2.66. The number of rotatable bonds is 2. The van der Waals surface area contributed by atoms with Gasteiger partial charge in [-0.05, 0) is 28.1 Å². The summed E-state index contributed by atoms with van der Waals surface area (Å²) in [6, 6.07) is 5.60. The number of benzene rings is 1. The average molecular weight is 269 g/mol. The maximum Gasteiger partial charge on any atom is 0.194 e. The van der Waals surface area contributed by atoms with Gasteiger partial charge in [0, 0.05) is 4.47 Å². The molecule has 0 aliphatic heterocycles. The van der Waals surface area contributed by atoms with Crippen LogP contribution in [0.5, 0.6) is 5.75 Å². The molecule has 1 heterocycles. The van der Waals surface area contributed by atoms with Crippen LogP contribution in [0.2, 0.25) is 0 Å². The highest BCUT2D eigenvalue weighted by molar-refractivity contribution is 9.10. The van der Waals surface area contributed by atoms with Crippen molar-refractivity contribution in [2.45, 2.75) is 0 Å². The topological polar surface area (TPSA) is 61.3 Å². The third-order valence-electron chi connectivity index (χ3n) is 2.02. The van der Waals surface area contributed by atoms with Crippen LogP contribution in [-0.2, 0) is 0 Å². The molecule has 0 fully saturated rings. The second-order valence-corrected chi connectivity index (χ2v) is 3.78. The normalized spacial score (nSPS) is 10.3. The van der Waals surface area contributed by atoms with E-state index in [1.165, 1.54) is 6.20 Å². The number of anilines is 1. The van der Waals surface area contributed by atoms with Gasteiger partial charge in [-0.1, -0.05) is 11.2 Å². The Morgan fingerprint density at radius 2 is 2.27 bits per heavy atom. The molecule has 0 aliphatic rings. The van der Waals surface area contributed by atoms with Gasteiger partial charge in [0.25, 0.3) is 0 Å². The van der Waals surface area contributed by atoms with E-state index in [1.54, 1.807) is 7.11 Å². The van der Waals surface area contributed by atoms with Crippen LogP contribution in [0.1, 0.15) is 0 Å². The lowest BCUT2D eigenvalue weighted by atomic mass is 10.1. The molecule has 0 radical (unpaired) electrons. The molecular weight excluding hydrogens is 260 g/mol. The first-order chi connectivity index (χ1) is 7.24. The number of hydrogen-bond acceptors (Lipinski definition) is 4. The van der Waals surface area contributed by atoms with Gasteiger partial charge in [-0.25, -0.2) is 0 Å². The van der Waals surface area contributed by atoms with Crippen LogP contribution < -0.4 is 10.5 Å². The van der Waals surface area contributed by atoms with Gasteiger partial charge in [0.05, 0.1) is 18.9 Å². The zero-order chi connectivity index (χ0) is 10.8. The SMILES string of the molecule is COc1cccc(Br)c1-c1oncc1N. The summed E-state index contributed by atoms with van der Waals surface area (Å²) in [6.45, 7) is 0. The molecule has 0 unspecified atom stereocenters. The van der Waals surface area contributed by atoms with Crippen molar-refractivity contribution in [2.24, 2.45) is 0 Å². The predicted molar refractivity (Wildman–Crippen MR) is 60.6 cm³/mol. The van der Waals surface area contributed by atoms with E-state index >= 15 is 0 Å². The predicted octanol–water partition coefficient (Wildman–Crippen LogP) is 2.69. The van der Waals surface area contributed by atoms with Gasteiger partial charge in [0.2, 0.25) is 0 Å². The highest BCUT2D eigenvalue weighted by atomic mass is 79.9. The molecule has 0 saturated carbocycles. The molecule has 2 rings (SSSR count). The third kappa shape index (κ3) is 1.70. The molecule has 0 aliphatic carbocycles. The van der Waals surface area contributed by atoms with E-state index in [9.17, 15) is 0 Å². The van der Waals surface area contributed by atoms with Crippen LogP contribution in [0.4, 0.5) is 5.69 Å². The summed E-state index contributed by atoms with van der Waals surface area (Å²) in [6.07, 6.45) is 1.47. The third-order valence-corrected chi connectivity index (χ3v) is 2.68. The number of halogens is 1. The molecule has 1 aromatic heterocycles. The van der Waals surface area contributed by atoms with Gasteiger partial charge in [0.15, 0.2) is 5.76 Å². The number of hydrogen-bond donors (Lipinski definition) is 1. The van der Waals surface area contributed by atoms with E-state index in [1.807, 2.05) is 18.2 Å². The van der Waals surface area contributed by atoms with E-state index in [-0.39, 0.29) is 0 Å². The fourth-order valence-electron chi connectivity index (χ4n) is 1.33. The van der Waals surface area contributed by atoms with Gasteiger partial charge >= 0.3 is 0 Å². The molecule has 78 valence electrons. The molecular formula is C10H9BrN2O2. The monoisotopic (exact) mass is 268 g/mol. The maximum atomic E-state index is 5.73. The molecule has 2 aromatic rings. The minimum absolute atomic E-state index is 0.486. The van der Waals surface area contributed by atoms with Gasteiger partial charge in [-0.3, -0.25) is 0 Å². The Morgan fingerprint density at radius 1 is 1.47 bits per heavy atom. The van der Waals surface area contributed by atoms with E-state index in [2.05, 4.69) is 21.1 Å². The highest BCUT2D eigenvalue weighted by Crippen LogP contribution is 2.38. The van der Waals surface area contributed by atoms with Crippen LogP contribution in [0.25, 0.3) is 11.3 Å². The van der Waals surface area contributed by atoms with Crippen LogP contribution in [-0.4, -0.2) is 12.3 Å². The number of methoxy groups -OCH3 is 1. The first-order valence-electron chi connectivity index (χ1n) is 4.27. The Labute approximate surface area is 95.1 Å². The lowest BCUT2D eigenvalue weighted by Gasteiger charge is -2.07. The molecule has 1 aromatic carbocycles. The number of nitrogens with zero attached hydrogens (tertiary/aromatic N) is 1. The summed E-state index contributed by atoms with van der Waals surface area (Å²) >= 11 is 3.42. The van der Waals surface area contributed by atoms with Crippen LogP contribution in [0.15, 0.2) is 33.4 Å².